The third-order valence-electron chi connectivity index (χ3n) is 2.18. The van der Waals surface area contributed by atoms with Crippen LogP contribution < -0.4 is 5.73 Å². The van der Waals surface area contributed by atoms with Crippen molar-refractivity contribution < 1.29 is 13.2 Å². The molecular weight excluding hydrogens is 255 g/mol. The van der Waals surface area contributed by atoms with E-state index in [-0.39, 0.29) is 11.0 Å². The van der Waals surface area contributed by atoms with E-state index in [0.717, 1.165) is 6.07 Å². The molecule has 2 aromatic rings. The number of aromatic nitrogens is 2. The number of imidazole rings is 1. The predicted molar refractivity (Wildman–Crippen MR) is 58.4 cm³/mol. The van der Waals surface area contributed by atoms with Crippen LogP contribution in [-0.2, 0) is 6.18 Å². The Morgan fingerprint density at radius 1 is 1.29 bits per heavy atom. The number of H-pyrrole nitrogens is 1. The van der Waals surface area contributed by atoms with E-state index in [4.69, 9.17) is 17.3 Å². The number of nitrogens with zero attached hydrogens (tertiary/aromatic N) is 1. The monoisotopic (exact) mass is 261 g/mol. The van der Waals surface area contributed by atoms with Crippen LogP contribution in [0.25, 0.3) is 11.3 Å². The van der Waals surface area contributed by atoms with Gasteiger partial charge < -0.3 is 10.7 Å². The van der Waals surface area contributed by atoms with E-state index in [9.17, 15) is 13.2 Å². The molecule has 0 atom stereocenters. The average Bonchev–Trinajstić information content (AvgIpc) is 2.64. The normalized spacial score (nSPS) is 11.8. The Kier molecular flexibility index (Phi) is 2.74. The number of rotatable bonds is 1. The summed E-state index contributed by atoms with van der Waals surface area (Å²) in [5, 5.41) is -0.339. The van der Waals surface area contributed by atoms with Gasteiger partial charge in [-0.25, -0.2) is 4.98 Å². The third kappa shape index (κ3) is 2.36. The third-order valence-corrected chi connectivity index (χ3v) is 2.51. The highest BCUT2D eigenvalue weighted by Crippen LogP contribution is 2.36. The van der Waals surface area contributed by atoms with Crippen molar-refractivity contribution in [3.8, 4) is 11.3 Å². The smallest absolute Gasteiger partial charge is 0.369 e. The molecule has 1 aromatic carbocycles. The van der Waals surface area contributed by atoms with Gasteiger partial charge >= 0.3 is 6.18 Å². The van der Waals surface area contributed by atoms with E-state index >= 15 is 0 Å². The van der Waals surface area contributed by atoms with Crippen LogP contribution in [0.1, 0.15) is 5.56 Å². The van der Waals surface area contributed by atoms with E-state index in [1.165, 1.54) is 18.3 Å². The minimum absolute atomic E-state index is 0.142. The summed E-state index contributed by atoms with van der Waals surface area (Å²) in [7, 11) is 0. The molecular formula is C10H7ClF3N3. The molecule has 3 nitrogen and oxygen atoms in total. The van der Waals surface area contributed by atoms with E-state index in [0.29, 0.717) is 11.3 Å². The van der Waals surface area contributed by atoms with Crippen molar-refractivity contribution in [3.63, 3.8) is 0 Å². The molecule has 0 amide bonds. The van der Waals surface area contributed by atoms with Crippen LogP contribution in [0.15, 0.2) is 24.4 Å². The second kappa shape index (κ2) is 3.96. The minimum Gasteiger partial charge on any atom is -0.369 e. The summed E-state index contributed by atoms with van der Waals surface area (Å²) in [6.07, 6.45) is -3.13. The lowest BCUT2D eigenvalue weighted by atomic mass is 10.1. The van der Waals surface area contributed by atoms with Crippen LogP contribution in [0.2, 0.25) is 5.02 Å². The summed E-state index contributed by atoms with van der Waals surface area (Å²) in [6.45, 7) is 0. The number of anilines is 1. The first-order valence-corrected chi connectivity index (χ1v) is 4.93. The maximum Gasteiger partial charge on any atom is 0.417 e. The number of benzene rings is 1. The second-order valence-corrected chi connectivity index (χ2v) is 3.78. The Morgan fingerprint density at radius 3 is 2.53 bits per heavy atom. The fraction of sp³-hybridized carbons (Fsp3) is 0.100. The van der Waals surface area contributed by atoms with Crippen molar-refractivity contribution in [2.24, 2.45) is 0 Å². The highest BCUT2D eigenvalue weighted by molar-refractivity contribution is 6.31. The summed E-state index contributed by atoms with van der Waals surface area (Å²) in [5.41, 5.74) is 5.20. The summed E-state index contributed by atoms with van der Waals surface area (Å²) in [6, 6.07) is 3.61. The maximum atomic E-state index is 12.6. The summed E-state index contributed by atoms with van der Waals surface area (Å²) in [4.78, 5) is 6.36. The molecule has 0 saturated carbocycles. The van der Waals surface area contributed by atoms with Crippen molar-refractivity contribution in [1.29, 1.82) is 0 Å². The van der Waals surface area contributed by atoms with Gasteiger partial charge in [0, 0.05) is 5.56 Å². The Hall–Kier alpha value is -1.69. The minimum atomic E-state index is -4.49. The zero-order valence-corrected chi connectivity index (χ0v) is 9.10. The first-order chi connectivity index (χ1) is 7.88. The van der Waals surface area contributed by atoms with Gasteiger partial charge in [0.1, 0.15) is 0 Å². The van der Waals surface area contributed by atoms with E-state index in [1.54, 1.807) is 0 Å². The lowest BCUT2D eigenvalue weighted by Gasteiger charge is -2.10. The summed E-state index contributed by atoms with van der Waals surface area (Å²) < 4.78 is 37.8. The zero-order chi connectivity index (χ0) is 12.6. The highest BCUT2D eigenvalue weighted by Gasteiger charge is 2.33. The summed E-state index contributed by atoms with van der Waals surface area (Å²) >= 11 is 5.50. The molecule has 90 valence electrons. The second-order valence-electron chi connectivity index (χ2n) is 3.37. The Morgan fingerprint density at radius 2 is 2.00 bits per heavy atom. The van der Waals surface area contributed by atoms with Gasteiger partial charge in [0.2, 0.25) is 0 Å². The molecule has 0 bridgehead atoms. The van der Waals surface area contributed by atoms with Crippen LogP contribution in [0, 0.1) is 0 Å². The molecule has 2 rings (SSSR count). The van der Waals surface area contributed by atoms with Gasteiger partial charge in [-0.1, -0.05) is 17.7 Å². The predicted octanol–water partition coefficient (Wildman–Crippen LogP) is 3.33. The van der Waals surface area contributed by atoms with Crippen molar-refractivity contribution in [2.75, 3.05) is 5.73 Å². The molecule has 1 aromatic heterocycles. The van der Waals surface area contributed by atoms with Crippen LogP contribution >= 0.6 is 11.6 Å². The van der Waals surface area contributed by atoms with Crippen LogP contribution in [0.4, 0.5) is 19.1 Å². The molecule has 0 aliphatic carbocycles. The highest BCUT2D eigenvalue weighted by atomic mass is 35.5. The number of nitrogen functional groups attached to an aromatic ring is 1. The quantitative estimate of drug-likeness (QED) is 0.827. The van der Waals surface area contributed by atoms with Crippen molar-refractivity contribution in [3.05, 3.63) is 35.0 Å². The van der Waals surface area contributed by atoms with Crippen molar-refractivity contribution in [1.82, 2.24) is 9.97 Å². The fourth-order valence-corrected chi connectivity index (χ4v) is 1.62. The average molecular weight is 262 g/mol. The molecule has 7 heteroatoms. The Labute approximate surface area is 99.4 Å². The lowest BCUT2D eigenvalue weighted by Crippen LogP contribution is -2.05. The van der Waals surface area contributed by atoms with Gasteiger partial charge in [-0.2, -0.15) is 13.2 Å². The molecule has 0 spiro atoms. The van der Waals surface area contributed by atoms with Crippen LogP contribution in [0.5, 0.6) is 0 Å². The molecule has 0 saturated heterocycles. The number of nitrogens with two attached hydrogens (primary N) is 1. The number of hydrogen-bond acceptors (Lipinski definition) is 2. The van der Waals surface area contributed by atoms with Gasteiger partial charge in [-0.05, 0) is 12.1 Å². The number of nitrogens with one attached hydrogen (secondary N) is 1. The van der Waals surface area contributed by atoms with Gasteiger partial charge in [0.15, 0.2) is 5.95 Å². The largest absolute Gasteiger partial charge is 0.417 e. The number of halogens is 4. The standard InChI is InChI=1S/C10H7ClF3N3/c11-7-2-1-5(3-6(7)10(12,13)14)8-4-16-9(15)17-8/h1-4H,(H3,15,16,17). The number of aromatic amines is 1. The molecule has 0 unspecified atom stereocenters. The topological polar surface area (TPSA) is 54.7 Å². The maximum absolute atomic E-state index is 12.6. The van der Waals surface area contributed by atoms with E-state index in [2.05, 4.69) is 9.97 Å². The Balaban J connectivity index is 2.51. The SMILES string of the molecule is Nc1ncc(-c2ccc(Cl)c(C(F)(F)F)c2)[nH]1. The molecule has 0 aliphatic rings. The molecule has 0 aliphatic heterocycles. The van der Waals surface area contributed by atoms with Gasteiger partial charge in [0.05, 0.1) is 22.5 Å². The molecule has 0 radical (unpaired) electrons. The Bertz CT molecular complexity index is 548. The first kappa shape index (κ1) is 11.8. The lowest BCUT2D eigenvalue weighted by molar-refractivity contribution is -0.137. The van der Waals surface area contributed by atoms with Crippen LogP contribution in [-0.4, -0.2) is 9.97 Å². The van der Waals surface area contributed by atoms with Crippen LogP contribution in [0.3, 0.4) is 0 Å². The number of alkyl halides is 3. The first-order valence-electron chi connectivity index (χ1n) is 4.55. The number of hydrogen-bond donors (Lipinski definition) is 2. The molecule has 3 N–H and O–H groups in total. The van der Waals surface area contributed by atoms with E-state index < -0.39 is 11.7 Å². The van der Waals surface area contributed by atoms with Crippen molar-refractivity contribution >= 4 is 17.5 Å². The molecule has 0 fully saturated rings. The zero-order valence-electron chi connectivity index (χ0n) is 8.35. The van der Waals surface area contributed by atoms with Gasteiger partial charge in [0.25, 0.3) is 0 Å². The van der Waals surface area contributed by atoms with Crippen molar-refractivity contribution in [2.45, 2.75) is 6.18 Å². The molecule has 17 heavy (non-hydrogen) atoms. The molecule has 1 heterocycles. The summed E-state index contributed by atoms with van der Waals surface area (Å²) in [5.74, 6) is 0.142. The van der Waals surface area contributed by atoms with Gasteiger partial charge in [-0.3, -0.25) is 0 Å². The van der Waals surface area contributed by atoms with E-state index in [1.807, 2.05) is 0 Å². The van der Waals surface area contributed by atoms with Gasteiger partial charge in [-0.15, -0.1) is 0 Å². The fourth-order valence-electron chi connectivity index (χ4n) is 1.39.